The molecule has 108 valence electrons. The summed E-state index contributed by atoms with van der Waals surface area (Å²) in [6, 6.07) is 4.38. The summed E-state index contributed by atoms with van der Waals surface area (Å²) in [4.78, 5) is 22.4. The Balaban J connectivity index is 1.98. The molecule has 1 aliphatic carbocycles. The van der Waals surface area contributed by atoms with Crippen LogP contribution in [0.2, 0.25) is 5.02 Å². The van der Waals surface area contributed by atoms with Crippen molar-refractivity contribution in [2.45, 2.75) is 32.1 Å². The van der Waals surface area contributed by atoms with Crippen LogP contribution in [0, 0.1) is 16.0 Å². The van der Waals surface area contributed by atoms with E-state index in [-0.39, 0.29) is 16.3 Å². The second kappa shape index (κ2) is 6.70. The standard InChI is InChI=1S/C14H17ClN2O3/c15-12-7-3-6-11(13(12)17(19)20)14(18)16-9-8-10-4-1-2-5-10/h3,6-7,10H,1-2,4-5,8-9H2,(H,16,18). The molecule has 0 atom stereocenters. The molecule has 1 N–H and O–H groups in total. The van der Waals surface area contributed by atoms with Gasteiger partial charge in [-0.3, -0.25) is 14.9 Å². The quantitative estimate of drug-likeness (QED) is 0.667. The second-order valence-electron chi connectivity index (χ2n) is 5.09. The molecule has 0 unspecified atom stereocenters. The number of nitrogens with one attached hydrogen (secondary N) is 1. The number of rotatable bonds is 5. The van der Waals surface area contributed by atoms with Gasteiger partial charge in [0.2, 0.25) is 0 Å². The van der Waals surface area contributed by atoms with E-state index in [4.69, 9.17) is 11.6 Å². The number of amides is 1. The van der Waals surface area contributed by atoms with Gasteiger partial charge in [-0.2, -0.15) is 0 Å². The second-order valence-corrected chi connectivity index (χ2v) is 5.50. The van der Waals surface area contributed by atoms with Gasteiger partial charge in [0.15, 0.2) is 0 Å². The van der Waals surface area contributed by atoms with Crippen LogP contribution in [-0.4, -0.2) is 17.4 Å². The first-order valence-corrected chi connectivity index (χ1v) is 7.18. The number of halogens is 1. The Morgan fingerprint density at radius 1 is 1.40 bits per heavy atom. The zero-order valence-corrected chi connectivity index (χ0v) is 11.9. The van der Waals surface area contributed by atoms with Crippen molar-refractivity contribution >= 4 is 23.2 Å². The number of hydrogen-bond donors (Lipinski definition) is 1. The molecule has 0 bridgehead atoms. The number of carbonyl (C=O) groups is 1. The first-order chi connectivity index (χ1) is 9.59. The Hall–Kier alpha value is -1.62. The van der Waals surface area contributed by atoms with Crippen LogP contribution in [0.1, 0.15) is 42.5 Å². The third-order valence-corrected chi connectivity index (χ3v) is 4.03. The molecular weight excluding hydrogens is 280 g/mol. The molecule has 1 amide bonds. The number of carbonyl (C=O) groups excluding carboxylic acids is 1. The Bertz CT molecular complexity index is 513. The Morgan fingerprint density at radius 2 is 2.10 bits per heavy atom. The lowest BCUT2D eigenvalue weighted by molar-refractivity contribution is -0.385. The average Bonchev–Trinajstić information content (AvgIpc) is 2.91. The lowest BCUT2D eigenvalue weighted by Crippen LogP contribution is -2.26. The van der Waals surface area contributed by atoms with Crippen LogP contribution in [0.25, 0.3) is 0 Å². The summed E-state index contributed by atoms with van der Waals surface area (Å²) < 4.78 is 0. The van der Waals surface area contributed by atoms with Crippen molar-refractivity contribution in [3.63, 3.8) is 0 Å². The van der Waals surface area contributed by atoms with Crippen molar-refractivity contribution in [2.24, 2.45) is 5.92 Å². The third kappa shape index (κ3) is 3.48. The van der Waals surface area contributed by atoms with E-state index in [2.05, 4.69) is 5.32 Å². The van der Waals surface area contributed by atoms with Crippen LogP contribution in [-0.2, 0) is 0 Å². The highest BCUT2D eigenvalue weighted by molar-refractivity contribution is 6.33. The largest absolute Gasteiger partial charge is 0.352 e. The molecule has 1 saturated carbocycles. The summed E-state index contributed by atoms with van der Waals surface area (Å²) >= 11 is 5.78. The summed E-state index contributed by atoms with van der Waals surface area (Å²) in [7, 11) is 0. The summed E-state index contributed by atoms with van der Waals surface area (Å²) in [6.07, 6.45) is 5.89. The van der Waals surface area contributed by atoms with E-state index in [0.29, 0.717) is 12.5 Å². The zero-order valence-electron chi connectivity index (χ0n) is 11.1. The van der Waals surface area contributed by atoms with Crippen LogP contribution in [0.3, 0.4) is 0 Å². The smallest absolute Gasteiger partial charge is 0.300 e. The van der Waals surface area contributed by atoms with Crippen LogP contribution < -0.4 is 5.32 Å². The van der Waals surface area contributed by atoms with Crippen LogP contribution in [0.4, 0.5) is 5.69 Å². The van der Waals surface area contributed by atoms with E-state index in [1.807, 2.05) is 0 Å². The van der Waals surface area contributed by atoms with Crippen LogP contribution >= 0.6 is 11.6 Å². The SMILES string of the molecule is O=C(NCCC1CCCC1)c1cccc(Cl)c1[N+](=O)[O-]. The molecule has 2 rings (SSSR count). The van der Waals surface area contributed by atoms with Gasteiger partial charge in [0.1, 0.15) is 10.6 Å². The van der Waals surface area contributed by atoms with Gasteiger partial charge in [-0.25, -0.2) is 0 Å². The topological polar surface area (TPSA) is 72.2 Å². The Labute approximate surface area is 122 Å². The Kier molecular flexibility index (Phi) is 4.95. The van der Waals surface area contributed by atoms with Gasteiger partial charge in [0.25, 0.3) is 5.91 Å². The molecule has 20 heavy (non-hydrogen) atoms. The molecule has 0 radical (unpaired) electrons. The monoisotopic (exact) mass is 296 g/mol. The van der Waals surface area contributed by atoms with Crippen LogP contribution in [0.15, 0.2) is 18.2 Å². The molecular formula is C14H17ClN2O3. The number of nitro groups is 1. The van der Waals surface area contributed by atoms with Crippen molar-refractivity contribution in [3.8, 4) is 0 Å². The van der Waals surface area contributed by atoms with Gasteiger partial charge in [-0.05, 0) is 24.5 Å². The van der Waals surface area contributed by atoms with Crippen molar-refractivity contribution in [3.05, 3.63) is 38.9 Å². The highest BCUT2D eigenvalue weighted by Gasteiger charge is 2.23. The molecule has 1 fully saturated rings. The van der Waals surface area contributed by atoms with Crippen molar-refractivity contribution in [1.82, 2.24) is 5.32 Å². The summed E-state index contributed by atoms with van der Waals surface area (Å²) in [5.41, 5.74) is -0.304. The molecule has 1 aromatic rings. The molecule has 0 saturated heterocycles. The van der Waals surface area contributed by atoms with E-state index in [1.165, 1.54) is 37.8 Å². The van der Waals surface area contributed by atoms with E-state index >= 15 is 0 Å². The molecule has 0 aromatic heterocycles. The van der Waals surface area contributed by atoms with Gasteiger partial charge >= 0.3 is 5.69 Å². The van der Waals surface area contributed by atoms with Crippen molar-refractivity contribution in [2.75, 3.05) is 6.54 Å². The zero-order chi connectivity index (χ0) is 14.5. The fraction of sp³-hybridized carbons (Fsp3) is 0.500. The number of para-hydroxylation sites is 1. The minimum Gasteiger partial charge on any atom is -0.352 e. The van der Waals surface area contributed by atoms with Gasteiger partial charge in [-0.1, -0.05) is 43.4 Å². The number of nitrogens with zero attached hydrogens (tertiary/aromatic N) is 1. The third-order valence-electron chi connectivity index (χ3n) is 3.73. The Morgan fingerprint density at radius 3 is 2.75 bits per heavy atom. The fourth-order valence-corrected chi connectivity index (χ4v) is 2.91. The number of benzene rings is 1. The molecule has 6 heteroatoms. The molecule has 0 heterocycles. The average molecular weight is 297 g/mol. The lowest BCUT2D eigenvalue weighted by Gasteiger charge is -2.10. The number of nitro benzene ring substituents is 1. The van der Waals surface area contributed by atoms with Gasteiger partial charge in [-0.15, -0.1) is 0 Å². The molecule has 1 aromatic carbocycles. The maximum absolute atomic E-state index is 12.0. The van der Waals surface area contributed by atoms with Crippen molar-refractivity contribution < 1.29 is 9.72 Å². The van der Waals surface area contributed by atoms with Gasteiger partial charge < -0.3 is 5.32 Å². The van der Waals surface area contributed by atoms with Gasteiger partial charge in [0.05, 0.1) is 4.92 Å². The predicted molar refractivity (Wildman–Crippen MR) is 77.0 cm³/mol. The highest BCUT2D eigenvalue weighted by atomic mass is 35.5. The highest BCUT2D eigenvalue weighted by Crippen LogP contribution is 2.29. The fourth-order valence-electron chi connectivity index (χ4n) is 2.67. The first kappa shape index (κ1) is 14.8. The van der Waals surface area contributed by atoms with Crippen molar-refractivity contribution in [1.29, 1.82) is 0 Å². The number of hydrogen-bond acceptors (Lipinski definition) is 3. The lowest BCUT2D eigenvalue weighted by atomic mass is 10.0. The van der Waals surface area contributed by atoms with E-state index in [1.54, 1.807) is 6.07 Å². The summed E-state index contributed by atoms with van der Waals surface area (Å²) in [5, 5.41) is 13.7. The maximum atomic E-state index is 12.0. The molecule has 1 aliphatic rings. The molecule has 5 nitrogen and oxygen atoms in total. The molecule has 0 spiro atoms. The molecule has 0 aliphatic heterocycles. The van der Waals surface area contributed by atoms with Crippen LogP contribution in [0.5, 0.6) is 0 Å². The predicted octanol–water partition coefficient (Wildman–Crippen LogP) is 3.56. The minimum atomic E-state index is -0.617. The summed E-state index contributed by atoms with van der Waals surface area (Å²) in [6.45, 7) is 0.549. The summed E-state index contributed by atoms with van der Waals surface area (Å²) in [5.74, 6) is 0.238. The normalized spacial score (nSPS) is 15.2. The first-order valence-electron chi connectivity index (χ1n) is 6.80. The van der Waals surface area contributed by atoms with E-state index < -0.39 is 10.8 Å². The maximum Gasteiger partial charge on any atom is 0.300 e. The van der Waals surface area contributed by atoms with Gasteiger partial charge in [0, 0.05) is 6.54 Å². The van der Waals surface area contributed by atoms with E-state index in [9.17, 15) is 14.9 Å². The van der Waals surface area contributed by atoms with E-state index in [0.717, 1.165) is 6.42 Å². The minimum absolute atomic E-state index is 0.0153.